The van der Waals surface area contributed by atoms with Gasteiger partial charge in [-0.25, -0.2) is 4.79 Å². The van der Waals surface area contributed by atoms with Crippen LogP contribution < -0.4 is 4.74 Å². The van der Waals surface area contributed by atoms with Crippen LogP contribution in [0.5, 0.6) is 5.75 Å². The highest BCUT2D eigenvalue weighted by Gasteiger charge is 2.09. The van der Waals surface area contributed by atoms with Crippen molar-refractivity contribution in [3.63, 3.8) is 0 Å². The van der Waals surface area contributed by atoms with Gasteiger partial charge < -0.3 is 4.74 Å². The van der Waals surface area contributed by atoms with Crippen LogP contribution >= 0.6 is 0 Å². The van der Waals surface area contributed by atoms with Crippen LogP contribution in [0.4, 0.5) is 0 Å². The smallest absolute Gasteiger partial charge is 0.373 e. The van der Waals surface area contributed by atoms with Gasteiger partial charge in [-0.05, 0) is 31.5 Å². The quantitative estimate of drug-likeness (QED) is 0.404. The third-order valence-corrected chi connectivity index (χ3v) is 2.35. The SMILES string of the molecule is CCCCCOOC(=O)c1cccc(OCC)c1. The van der Waals surface area contributed by atoms with Gasteiger partial charge in [-0.3, -0.25) is 4.89 Å². The second-order valence-corrected chi connectivity index (χ2v) is 3.86. The van der Waals surface area contributed by atoms with E-state index < -0.39 is 5.97 Å². The number of ether oxygens (including phenoxy) is 1. The second kappa shape index (κ2) is 8.53. The number of unbranched alkanes of at least 4 members (excludes halogenated alkanes) is 2. The molecule has 0 bridgehead atoms. The number of hydrogen-bond acceptors (Lipinski definition) is 4. The lowest BCUT2D eigenvalue weighted by Crippen LogP contribution is -2.07. The summed E-state index contributed by atoms with van der Waals surface area (Å²) in [5.74, 6) is 0.158. The molecule has 0 radical (unpaired) electrons. The van der Waals surface area contributed by atoms with Crippen LogP contribution in [0.25, 0.3) is 0 Å². The minimum atomic E-state index is -0.493. The van der Waals surface area contributed by atoms with Crippen molar-refractivity contribution in [1.29, 1.82) is 0 Å². The summed E-state index contributed by atoms with van der Waals surface area (Å²) in [4.78, 5) is 21.2. The number of hydrogen-bond donors (Lipinski definition) is 0. The summed E-state index contributed by atoms with van der Waals surface area (Å²) >= 11 is 0. The van der Waals surface area contributed by atoms with Crippen LogP contribution in [-0.4, -0.2) is 19.2 Å². The standard InChI is InChI=1S/C14H20O4/c1-3-5-6-10-17-18-14(15)12-8-7-9-13(11-12)16-4-2/h7-9,11H,3-6,10H2,1-2H3. The number of carbonyl (C=O) groups excluding carboxylic acids is 1. The normalized spacial score (nSPS) is 10.1. The van der Waals surface area contributed by atoms with Gasteiger partial charge in [-0.2, -0.15) is 4.89 Å². The molecule has 0 saturated heterocycles. The number of carbonyl (C=O) groups is 1. The lowest BCUT2D eigenvalue weighted by atomic mass is 10.2. The van der Waals surface area contributed by atoms with Crippen LogP contribution in [0.2, 0.25) is 0 Å². The molecule has 0 spiro atoms. The zero-order valence-corrected chi connectivity index (χ0v) is 11.0. The monoisotopic (exact) mass is 252 g/mol. The predicted octanol–water partition coefficient (Wildman–Crippen LogP) is 3.36. The third kappa shape index (κ3) is 5.19. The number of benzene rings is 1. The molecular formula is C14H20O4. The van der Waals surface area contributed by atoms with E-state index in [-0.39, 0.29) is 0 Å². The molecule has 18 heavy (non-hydrogen) atoms. The van der Waals surface area contributed by atoms with Crippen molar-refractivity contribution in [2.24, 2.45) is 0 Å². The molecular weight excluding hydrogens is 232 g/mol. The summed E-state index contributed by atoms with van der Waals surface area (Å²) in [6.45, 7) is 4.99. The molecule has 0 aliphatic carbocycles. The van der Waals surface area contributed by atoms with Crippen LogP contribution in [0.1, 0.15) is 43.5 Å². The van der Waals surface area contributed by atoms with Gasteiger partial charge in [-0.1, -0.05) is 25.8 Å². The van der Waals surface area contributed by atoms with E-state index in [0.717, 1.165) is 19.3 Å². The van der Waals surface area contributed by atoms with E-state index in [0.29, 0.717) is 24.5 Å². The Kier molecular flexibility index (Phi) is 6.87. The van der Waals surface area contributed by atoms with Crippen LogP contribution in [0.3, 0.4) is 0 Å². The largest absolute Gasteiger partial charge is 0.494 e. The Hall–Kier alpha value is -1.55. The Bertz CT molecular complexity index is 363. The first-order chi connectivity index (χ1) is 8.77. The van der Waals surface area contributed by atoms with E-state index in [1.54, 1.807) is 24.3 Å². The van der Waals surface area contributed by atoms with E-state index in [1.807, 2.05) is 6.92 Å². The van der Waals surface area contributed by atoms with Gasteiger partial charge in [-0.15, -0.1) is 0 Å². The maximum Gasteiger partial charge on any atom is 0.373 e. The van der Waals surface area contributed by atoms with Gasteiger partial charge in [0.15, 0.2) is 0 Å². The highest BCUT2D eigenvalue weighted by atomic mass is 17.2. The van der Waals surface area contributed by atoms with Gasteiger partial charge in [0.2, 0.25) is 0 Å². The molecule has 1 aromatic rings. The maximum atomic E-state index is 11.6. The zero-order valence-electron chi connectivity index (χ0n) is 11.0. The fourth-order valence-electron chi connectivity index (χ4n) is 1.43. The minimum absolute atomic E-state index is 0.427. The molecule has 0 aromatic heterocycles. The first-order valence-corrected chi connectivity index (χ1v) is 6.34. The molecule has 0 saturated carbocycles. The summed E-state index contributed by atoms with van der Waals surface area (Å²) in [5, 5.41) is 0. The molecule has 0 N–H and O–H groups in total. The molecule has 0 atom stereocenters. The molecule has 0 aliphatic rings. The molecule has 0 heterocycles. The molecule has 0 amide bonds. The van der Waals surface area contributed by atoms with Crippen LogP contribution in [0, 0.1) is 0 Å². The van der Waals surface area contributed by atoms with Crippen LogP contribution in [0.15, 0.2) is 24.3 Å². The van der Waals surface area contributed by atoms with Gasteiger partial charge in [0.25, 0.3) is 0 Å². The van der Waals surface area contributed by atoms with Crippen molar-refractivity contribution in [1.82, 2.24) is 0 Å². The highest BCUT2D eigenvalue weighted by molar-refractivity contribution is 5.89. The van der Waals surface area contributed by atoms with E-state index in [2.05, 4.69) is 6.92 Å². The summed E-state index contributed by atoms with van der Waals surface area (Å²) in [5.41, 5.74) is 0.427. The summed E-state index contributed by atoms with van der Waals surface area (Å²) in [6.07, 6.45) is 3.06. The first-order valence-electron chi connectivity index (χ1n) is 6.34. The number of rotatable bonds is 8. The van der Waals surface area contributed by atoms with Gasteiger partial charge in [0.1, 0.15) is 5.75 Å². The predicted molar refractivity (Wildman–Crippen MR) is 68.5 cm³/mol. The van der Waals surface area contributed by atoms with Gasteiger partial charge >= 0.3 is 5.97 Å². The third-order valence-electron chi connectivity index (χ3n) is 2.35. The topological polar surface area (TPSA) is 44.8 Å². The van der Waals surface area contributed by atoms with Gasteiger partial charge in [0, 0.05) is 0 Å². The lowest BCUT2D eigenvalue weighted by molar-refractivity contribution is -0.241. The molecule has 0 unspecified atom stereocenters. The van der Waals surface area contributed by atoms with Gasteiger partial charge in [0.05, 0.1) is 18.8 Å². The molecule has 100 valence electrons. The summed E-state index contributed by atoms with van der Waals surface area (Å²) in [6, 6.07) is 6.85. The Balaban J connectivity index is 2.38. The Morgan fingerprint density at radius 1 is 1.22 bits per heavy atom. The van der Waals surface area contributed by atoms with Crippen molar-refractivity contribution < 1.29 is 19.3 Å². The fourth-order valence-corrected chi connectivity index (χ4v) is 1.43. The molecule has 0 fully saturated rings. The first kappa shape index (κ1) is 14.5. The van der Waals surface area contributed by atoms with Crippen molar-refractivity contribution >= 4 is 5.97 Å². The Labute approximate surface area is 108 Å². The van der Waals surface area contributed by atoms with Crippen molar-refractivity contribution in [2.45, 2.75) is 33.1 Å². The summed E-state index contributed by atoms with van der Waals surface area (Å²) < 4.78 is 5.31. The molecule has 1 rings (SSSR count). The minimum Gasteiger partial charge on any atom is -0.494 e. The summed E-state index contributed by atoms with van der Waals surface area (Å²) in [7, 11) is 0. The molecule has 4 heteroatoms. The Morgan fingerprint density at radius 2 is 2.06 bits per heavy atom. The molecule has 0 aliphatic heterocycles. The highest BCUT2D eigenvalue weighted by Crippen LogP contribution is 2.14. The van der Waals surface area contributed by atoms with Crippen molar-refractivity contribution in [2.75, 3.05) is 13.2 Å². The van der Waals surface area contributed by atoms with E-state index in [9.17, 15) is 4.79 Å². The maximum absolute atomic E-state index is 11.6. The van der Waals surface area contributed by atoms with Crippen molar-refractivity contribution in [3.05, 3.63) is 29.8 Å². The zero-order chi connectivity index (χ0) is 13.2. The van der Waals surface area contributed by atoms with E-state index >= 15 is 0 Å². The fraction of sp³-hybridized carbons (Fsp3) is 0.500. The lowest BCUT2D eigenvalue weighted by Gasteiger charge is -2.06. The van der Waals surface area contributed by atoms with Crippen LogP contribution in [-0.2, 0) is 9.78 Å². The second-order valence-electron chi connectivity index (χ2n) is 3.86. The molecule has 1 aromatic carbocycles. The van der Waals surface area contributed by atoms with Crippen molar-refractivity contribution in [3.8, 4) is 5.75 Å². The average Bonchev–Trinajstić information content (AvgIpc) is 2.39. The Morgan fingerprint density at radius 3 is 2.78 bits per heavy atom. The average molecular weight is 252 g/mol. The molecule has 4 nitrogen and oxygen atoms in total. The van der Waals surface area contributed by atoms with E-state index in [1.165, 1.54) is 0 Å². The van der Waals surface area contributed by atoms with E-state index in [4.69, 9.17) is 14.5 Å².